The zero-order chi connectivity index (χ0) is 15.5. The number of nitrogens with zero attached hydrogens (tertiary/aromatic N) is 2. The summed E-state index contributed by atoms with van der Waals surface area (Å²) in [6, 6.07) is 7.17. The number of carbonyl (C=O) groups is 1. The molecule has 0 saturated heterocycles. The molecule has 1 aromatic heterocycles. The summed E-state index contributed by atoms with van der Waals surface area (Å²) in [5, 5.41) is 7.23. The van der Waals surface area contributed by atoms with E-state index < -0.39 is 0 Å². The minimum atomic E-state index is -0.0483. The number of aromatic nitrogens is 2. The number of amides is 1. The van der Waals surface area contributed by atoms with Crippen LogP contribution in [0.3, 0.4) is 0 Å². The van der Waals surface area contributed by atoms with E-state index in [9.17, 15) is 4.79 Å². The van der Waals surface area contributed by atoms with Crippen LogP contribution in [0.5, 0.6) is 0 Å². The molecule has 1 N–H and O–H groups in total. The molecule has 1 amide bonds. The molecule has 1 heterocycles. The van der Waals surface area contributed by atoms with Crippen molar-refractivity contribution >= 4 is 17.5 Å². The Bertz CT molecular complexity index is 632. The van der Waals surface area contributed by atoms with Gasteiger partial charge in [-0.05, 0) is 23.6 Å². The molecule has 0 unspecified atom stereocenters. The first kappa shape index (κ1) is 15.5. The molecule has 0 radical (unpaired) electrons. The normalized spacial score (nSPS) is 11.4. The topological polar surface area (TPSA) is 68.0 Å². The number of hydrogen-bond acceptors (Lipinski definition) is 4. The number of benzene rings is 1. The predicted molar refractivity (Wildman–Crippen MR) is 80.7 cm³/mol. The van der Waals surface area contributed by atoms with Gasteiger partial charge < -0.3 is 9.84 Å². The first-order valence-corrected chi connectivity index (χ1v) is 7.06. The molecule has 5 nitrogen and oxygen atoms in total. The van der Waals surface area contributed by atoms with E-state index in [0.717, 1.165) is 5.56 Å². The molecule has 0 spiro atoms. The predicted octanol–water partition coefficient (Wildman–Crippen LogP) is 3.44. The lowest BCUT2D eigenvalue weighted by molar-refractivity contribution is -0.123. The fraction of sp³-hybridized carbons (Fsp3) is 0.400. The van der Waals surface area contributed by atoms with E-state index in [2.05, 4.69) is 15.5 Å². The van der Waals surface area contributed by atoms with E-state index >= 15 is 0 Å². The number of carbonyl (C=O) groups excluding carboxylic acids is 1. The molecule has 0 aliphatic rings. The molecule has 2 rings (SSSR count). The SMILES string of the molecule is CC(C)(C)CC(=O)NCc1noc(-c2cccc(Cl)c2)n1. The summed E-state index contributed by atoms with van der Waals surface area (Å²) in [6.45, 7) is 6.29. The van der Waals surface area contributed by atoms with Crippen LogP contribution >= 0.6 is 11.6 Å². The summed E-state index contributed by atoms with van der Waals surface area (Å²) in [5.41, 5.74) is 0.704. The fourth-order valence-electron chi connectivity index (χ4n) is 1.79. The van der Waals surface area contributed by atoms with Gasteiger partial charge in [0, 0.05) is 17.0 Å². The first-order valence-electron chi connectivity index (χ1n) is 6.69. The maximum absolute atomic E-state index is 11.7. The maximum Gasteiger partial charge on any atom is 0.258 e. The highest BCUT2D eigenvalue weighted by molar-refractivity contribution is 6.30. The highest BCUT2D eigenvalue weighted by Crippen LogP contribution is 2.21. The van der Waals surface area contributed by atoms with Crippen LogP contribution in [-0.4, -0.2) is 16.0 Å². The van der Waals surface area contributed by atoms with Crippen molar-refractivity contribution < 1.29 is 9.32 Å². The lowest BCUT2D eigenvalue weighted by Gasteiger charge is -2.16. The van der Waals surface area contributed by atoms with E-state index in [1.165, 1.54) is 0 Å². The molecule has 2 aromatic rings. The summed E-state index contributed by atoms with van der Waals surface area (Å²) in [6.07, 6.45) is 0.450. The maximum atomic E-state index is 11.7. The van der Waals surface area contributed by atoms with Gasteiger partial charge in [-0.15, -0.1) is 0 Å². The van der Waals surface area contributed by atoms with Crippen molar-refractivity contribution in [2.75, 3.05) is 0 Å². The van der Waals surface area contributed by atoms with E-state index in [4.69, 9.17) is 16.1 Å². The highest BCUT2D eigenvalue weighted by Gasteiger charge is 2.16. The average Bonchev–Trinajstić information content (AvgIpc) is 2.83. The van der Waals surface area contributed by atoms with Gasteiger partial charge in [-0.2, -0.15) is 4.98 Å². The van der Waals surface area contributed by atoms with Crippen LogP contribution in [-0.2, 0) is 11.3 Å². The third kappa shape index (κ3) is 4.86. The Morgan fingerprint density at radius 3 is 2.81 bits per heavy atom. The number of hydrogen-bond donors (Lipinski definition) is 1. The smallest absolute Gasteiger partial charge is 0.258 e. The van der Waals surface area contributed by atoms with Gasteiger partial charge in [0.2, 0.25) is 5.91 Å². The van der Waals surface area contributed by atoms with E-state index in [1.54, 1.807) is 12.1 Å². The third-order valence-corrected chi connectivity index (χ3v) is 2.91. The molecular formula is C15H18ClN3O2. The van der Waals surface area contributed by atoms with Crippen LogP contribution in [0.15, 0.2) is 28.8 Å². The molecule has 0 aliphatic carbocycles. The fourth-order valence-corrected chi connectivity index (χ4v) is 1.98. The van der Waals surface area contributed by atoms with Gasteiger partial charge in [-0.1, -0.05) is 43.6 Å². The Hall–Kier alpha value is -1.88. The van der Waals surface area contributed by atoms with Gasteiger partial charge in [0.1, 0.15) is 0 Å². The van der Waals surface area contributed by atoms with Gasteiger partial charge >= 0.3 is 0 Å². The van der Waals surface area contributed by atoms with Crippen LogP contribution in [0.2, 0.25) is 5.02 Å². The zero-order valence-corrected chi connectivity index (χ0v) is 13.1. The number of nitrogens with one attached hydrogen (secondary N) is 1. The summed E-state index contributed by atoms with van der Waals surface area (Å²) in [4.78, 5) is 16.0. The lowest BCUT2D eigenvalue weighted by Crippen LogP contribution is -2.27. The van der Waals surface area contributed by atoms with Crippen LogP contribution < -0.4 is 5.32 Å². The molecule has 0 atom stereocenters. The molecule has 0 aliphatic heterocycles. The van der Waals surface area contributed by atoms with Crippen LogP contribution in [0.1, 0.15) is 33.0 Å². The average molecular weight is 308 g/mol. The molecule has 6 heteroatoms. The largest absolute Gasteiger partial charge is 0.349 e. The van der Waals surface area contributed by atoms with Crippen LogP contribution in [0.25, 0.3) is 11.5 Å². The molecule has 0 fully saturated rings. The Morgan fingerprint density at radius 2 is 2.14 bits per heavy atom. The summed E-state index contributed by atoms with van der Waals surface area (Å²) < 4.78 is 5.17. The third-order valence-electron chi connectivity index (χ3n) is 2.67. The second-order valence-corrected chi connectivity index (χ2v) is 6.48. The van der Waals surface area contributed by atoms with E-state index in [-0.39, 0.29) is 17.9 Å². The van der Waals surface area contributed by atoms with E-state index in [1.807, 2.05) is 32.9 Å². The van der Waals surface area contributed by atoms with Crippen molar-refractivity contribution in [2.45, 2.75) is 33.7 Å². The monoisotopic (exact) mass is 307 g/mol. The van der Waals surface area contributed by atoms with Crippen molar-refractivity contribution in [3.8, 4) is 11.5 Å². The molecular weight excluding hydrogens is 290 g/mol. The Morgan fingerprint density at radius 1 is 1.38 bits per heavy atom. The second kappa shape index (κ2) is 6.26. The van der Waals surface area contributed by atoms with Crippen molar-refractivity contribution in [1.29, 1.82) is 0 Å². The molecule has 0 saturated carbocycles. The van der Waals surface area contributed by atoms with Crippen molar-refractivity contribution in [3.63, 3.8) is 0 Å². The number of rotatable bonds is 4. The van der Waals surface area contributed by atoms with Crippen molar-refractivity contribution in [3.05, 3.63) is 35.1 Å². The van der Waals surface area contributed by atoms with Gasteiger partial charge in [0.05, 0.1) is 6.54 Å². The van der Waals surface area contributed by atoms with Crippen LogP contribution in [0.4, 0.5) is 0 Å². The van der Waals surface area contributed by atoms with Crippen molar-refractivity contribution in [2.24, 2.45) is 5.41 Å². The standard InChI is InChI=1S/C15H18ClN3O2/c1-15(2,3)8-13(20)17-9-12-18-14(21-19-12)10-5-4-6-11(16)7-10/h4-7H,8-9H2,1-3H3,(H,17,20). The molecule has 0 bridgehead atoms. The Kier molecular flexibility index (Phi) is 4.63. The first-order chi connectivity index (χ1) is 9.83. The minimum absolute atomic E-state index is 0.0309. The lowest BCUT2D eigenvalue weighted by atomic mass is 9.92. The zero-order valence-electron chi connectivity index (χ0n) is 12.3. The van der Waals surface area contributed by atoms with Crippen molar-refractivity contribution in [1.82, 2.24) is 15.5 Å². The quantitative estimate of drug-likeness (QED) is 0.939. The van der Waals surface area contributed by atoms with Gasteiger partial charge in [-0.25, -0.2) is 0 Å². The van der Waals surface area contributed by atoms with E-state index in [0.29, 0.717) is 23.2 Å². The molecule has 112 valence electrons. The minimum Gasteiger partial charge on any atom is -0.349 e. The van der Waals surface area contributed by atoms with Crippen LogP contribution in [0, 0.1) is 5.41 Å². The highest BCUT2D eigenvalue weighted by atomic mass is 35.5. The summed E-state index contributed by atoms with van der Waals surface area (Å²) in [7, 11) is 0. The summed E-state index contributed by atoms with van der Waals surface area (Å²) in [5.74, 6) is 0.793. The molecule has 1 aromatic carbocycles. The number of halogens is 1. The molecule has 21 heavy (non-hydrogen) atoms. The summed E-state index contributed by atoms with van der Waals surface area (Å²) >= 11 is 5.92. The van der Waals surface area contributed by atoms with Gasteiger partial charge in [0.25, 0.3) is 5.89 Å². The Balaban J connectivity index is 1.96. The second-order valence-electron chi connectivity index (χ2n) is 6.04. The Labute approximate surface area is 128 Å². The van der Waals surface area contributed by atoms with Gasteiger partial charge in [0.15, 0.2) is 5.82 Å². The van der Waals surface area contributed by atoms with Gasteiger partial charge in [-0.3, -0.25) is 4.79 Å².